The lowest BCUT2D eigenvalue weighted by Crippen LogP contribution is -2.21. The van der Waals surface area contributed by atoms with Gasteiger partial charge in [-0.25, -0.2) is 0 Å². The van der Waals surface area contributed by atoms with E-state index in [1.165, 1.54) is 12.0 Å². The molecule has 2 unspecified atom stereocenters. The Balaban J connectivity index is 2.01. The number of hydrogen-bond donors (Lipinski definition) is 0. The first-order valence-corrected chi connectivity index (χ1v) is 7.01. The molecule has 0 radical (unpaired) electrons. The van der Waals surface area contributed by atoms with Gasteiger partial charge in [-0.3, -0.25) is 4.79 Å². The minimum Gasteiger partial charge on any atom is -0.497 e. The molecule has 1 aliphatic carbocycles. The number of methoxy groups -OCH3 is 2. The lowest BCUT2D eigenvalue weighted by molar-refractivity contribution is -0.144. The molecule has 0 heterocycles. The van der Waals surface area contributed by atoms with Gasteiger partial charge >= 0.3 is 5.97 Å². The van der Waals surface area contributed by atoms with E-state index in [1.807, 2.05) is 24.3 Å². The number of carbonyl (C=O) groups excluding carboxylic acids is 1. The van der Waals surface area contributed by atoms with Crippen LogP contribution in [-0.2, 0) is 9.53 Å². The standard InChI is InChI=1S/C14H18O3S/c1-16-10-6-8-11(9-7-10)18-13-5-3-4-12(13)14(15)17-2/h6-9,12-13H,3-5H2,1-2H3. The summed E-state index contributed by atoms with van der Waals surface area (Å²) in [4.78, 5) is 12.8. The van der Waals surface area contributed by atoms with Crippen LogP contribution in [0.1, 0.15) is 19.3 Å². The second-order valence-electron chi connectivity index (χ2n) is 4.39. The summed E-state index contributed by atoms with van der Waals surface area (Å²) in [6.07, 6.45) is 3.13. The lowest BCUT2D eigenvalue weighted by atomic mass is 10.1. The summed E-state index contributed by atoms with van der Waals surface area (Å²) in [6.45, 7) is 0. The fourth-order valence-corrected chi connectivity index (χ4v) is 3.66. The molecule has 2 rings (SSSR count). The highest BCUT2D eigenvalue weighted by atomic mass is 32.2. The van der Waals surface area contributed by atoms with Gasteiger partial charge in [-0.2, -0.15) is 0 Å². The van der Waals surface area contributed by atoms with E-state index in [-0.39, 0.29) is 11.9 Å². The average Bonchev–Trinajstić information content (AvgIpc) is 2.87. The molecular weight excluding hydrogens is 248 g/mol. The summed E-state index contributed by atoms with van der Waals surface area (Å²) in [5, 5.41) is 0.339. The van der Waals surface area contributed by atoms with Crippen molar-refractivity contribution in [2.45, 2.75) is 29.4 Å². The van der Waals surface area contributed by atoms with Crippen LogP contribution >= 0.6 is 11.8 Å². The maximum atomic E-state index is 11.7. The number of hydrogen-bond acceptors (Lipinski definition) is 4. The van der Waals surface area contributed by atoms with Gasteiger partial charge in [-0.05, 0) is 37.1 Å². The highest BCUT2D eigenvalue weighted by Crippen LogP contribution is 2.39. The van der Waals surface area contributed by atoms with Crippen LogP contribution in [0.2, 0.25) is 0 Å². The Bertz CT molecular complexity index is 402. The molecule has 1 saturated carbocycles. The highest BCUT2D eigenvalue weighted by Gasteiger charge is 2.34. The monoisotopic (exact) mass is 266 g/mol. The van der Waals surface area contributed by atoms with Gasteiger partial charge in [0.05, 0.1) is 20.1 Å². The number of benzene rings is 1. The number of esters is 1. The van der Waals surface area contributed by atoms with Gasteiger partial charge in [0.2, 0.25) is 0 Å². The Morgan fingerprint density at radius 2 is 1.94 bits per heavy atom. The fourth-order valence-electron chi connectivity index (χ4n) is 2.32. The van der Waals surface area contributed by atoms with E-state index in [1.54, 1.807) is 18.9 Å². The van der Waals surface area contributed by atoms with Crippen LogP contribution in [0.15, 0.2) is 29.2 Å². The third-order valence-corrected chi connectivity index (χ3v) is 4.71. The van der Waals surface area contributed by atoms with Gasteiger partial charge in [-0.15, -0.1) is 11.8 Å². The van der Waals surface area contributed by atoms with Crippen molar-refractivity contribution in [2.75, 3.05) is 14.2 Å². The van der Waals surface area contributed by atoms with Crippen molar-refractivity contribution in [2.24, 2.45) is 5.92 Å². The highest BCUT2D eigenvalue weighted by molar-refractivity contribution is 8.00. The molecule has 98 valence electrons. The summed E-state index contributed by atoms with van der Waals surface area (Å²) >= 11 is 1.77. The molecule has 0 N–H and O–H groups in total. The molecule has 1 aliphatic rings. The summed E-state index contributed by atoms with van der Waals surface area (Å²) in [7, 11) is 3.13. The average molecular weight is 266 g/mol. The Morgan fingerprint density at radius 3 is 2.56 bits per heavy atom. The van der Waals surface area contributed by atoms with E-state index in [9.17, 15) is 4.79 Å². The number of rotatable bonds is 4. The van der Waals surface area contributed by atoms with E-state index in [2.05, 4.69) is 0 Å². The van der Waals surface area contributed by atoms with Crippen LogP contribution in [0.4, 0.5) is 0 Å². The minimum absolute atomic E-state index is 0.0436. The van der Waals surface area contributed by atoms with Crippen molar-refractivity contribution < 1.29 is 14.3 Å². The second-order valence-corrected chi connectivity index (χ2v) is 5.70. The summed E-state index contributed by atoms with van der Waals surface area (Å²) in [5.74, 6) is 0.830. The van der Waals surface area contributed by atoms with Gasteiger partial charge in [0.15, 0.2) is 0 Å². The van der Waals surface area contributed by atoms with Crippen LogP contribution in [0, 0.1) is 5.92 Å². The third-order valence-electron chi connectivity index (χ3n) is 3.30. The first kappa shape index (κ1) is 13.3. The van der Waals surface area contributed by atoms with Crippen LogP contribution < -0.4 is 4.74 Å². The number of ether oxygens (including phenoxy) is 2. The van der Waals surface area contributed by atoms with Crippen molar-refractivity contribution in [3.63, 3.8) is 0 Å². The molecule has 1 aromatic carbocycles. The quantitative estimate of drug-likeness (QED) is 0.784. The van der Waals surface area contributed by atoms with Crippen LogP contribution in [0.25, 0.3) is 0 Å². The van der Waals surface area contributed by atoms with Gasteiger partial charge in [-0.1, -0.05) is 6.42 Å². The van der Waals surface area contributed by atoms with Crippen molar-refractivity contribution in [1.29, 1.82) is 0 Å². The fraction of sp³-hybridized carbons (Fsp3) is 0.500. The molecule has 0 bridgehead atoms. The molecule has 3 nitrogen and oxygen atoms in total. The molecule has 0 aromatic heterocycles. The van der Waals surface area contributed by atoms with Crippen LogP contribution in [0.5, 0.6) is 5.75 Å². The smallest absolute Gasteiger partial charge is 0.309 e. The van der Waals surface area contributed by atoms with Gasteiger partial charge in [0, 0.05) is 10.1 Å². The van der Waals surface area contributed by atoms with Crippen molar-refractivity contribution in [3.05, 3.63) is 24.3 Å². The van der Waals surface area contributed by atoms with E-state index in [4.69, 9.17) is 9.47 Å². The largest absolute Gasteiger partial charge is 0.497 e. The lowest BCUT2D eigenvalue weighted by Gasteiger charge is -2.16. The number of thioether (sulfide) groups is 1. The Labute approximate surface area is 112 Å². The predicted octanol–water partition coefficient (Wildman–Crippen LogP) is 3.13. The molecule has 0 amide bonds. The van der Waals surface area contributed by atoms with Crippen molar-refractivity contribution in [1.82, 2.24) is 0 Å². The zero-order valence-electron chi connectivity index (χ0n) is 10.7. The Morgan fingerprint density at radius 1 is 1.22 bits per heavy atom. The summed E-state index contributed by atoms with van der Waals surface area (Å²) in [6, 6.07) is 7.97. The first-order chi connectivity index (χ1) is 8.74. The summed E-state index contributed by atoms with van der Waals surface area (Å²) in [5.41, 5.74) is 0. The maximum Gasteiger partial charge on any atom is 0.309 e. The summed E-state index contributed by atoms with van der Waals surface area (Å²) < 4.78 is 10.00. The molecule has 1 aromatic rings. The van der Waals surface area contributed by atoms with E-state index < -0.39 is 0 Å². The Kier molecular flexibility index (Phi) is 4.53. The molecular formula is C14H18O3S. The SMILES string of the molecule is COC(=O)C1CCCC1Sc1ccc(OC)cc1. The zero-order chi connectivity index (χ0) is 13.0. The maximum absolute atomic E-state index is 11.7. The predicted molar refractivity (Wildman–Crippen MR) is 72.0 cm³/mol. The van der Waals surface area contributed by atoms with Crippen molar-refractivity contribution in [3.8, 4) is 5.75 Å². The van der Waals surface area contributed by atoms with E-state index >= 15 is 0 Å². The first-order valence-electron chi connectivity index (χ1n) is 6.13. The van der Waals surface area contributed by atoms with Crippen LogP contribution in [-0.4, -0.2) is 25.4 Å². The second kappa shape index (κ2) is 6.14. The normalized spacial score (nSPS) is 22.8. The van der Waals surface area contributed by atoms with E-state index in [0.29, 0.717) is 5.25 Å². The molecule has 4 heteroatoms. The van der Waals surface area contributed by atoms with Gasteiger partial charge in [0.25, 0.3) is 0 Å². The van der Waals surface area contributed by atoms with Crippen molar-refractivity contribution >= 4 is 17.7 Å². The number of carbonyl (C=O) groups is 1. The molecule has 18 heavy (non-hydrogen) atoms. The molecule has 0 saturated heterocycles. The van der Waals surface area contributed by atoms with Gasteiger partial charge in [0.1, 0.15) is 5.75 Å². The minimum atomic E-state index is -0.0708. The van der Waals surface area contributed by atoms with E-state index in [0.717, 1.165) is 25.0 Å². The van der Waals surface area contributed by atoms with Crippen LogP contribution in [0.3, 0.4) is 0 Å². The topological polar surface area (TPSA) is 35.5 Å². The van der Waals surface area contributed by atoms with Gasteiger partial charge < -0.3 is 9.47 Å². The zero-order valence-corrected chi connectivity index (χ0v) is 11.5. The molecule has 1 fully saturated rings. The third kappa shape index (κ3) is 2.99. The molecule has 0 spiro atoms. The molecule has 0 aliphatic heterocycles. The molecule has 2 atom stereocenters. The Hall–Kier alpha value is -1.16.